The second-order valence-electron chi connectivity index (χ2n) is 8.64. The number of carboxylic acids is 1. The van der Waals surface area contributed by atoms with E-state index in [-0.39, 0.29) is 30.4 Å². The van der Waals surface area contributed by atoms with E-state index in [1.54, 1.807) is 0 Å². The Morgan fingerprint density at radius 2 is 1.66 bits per heavy atom. The fraction of sp³-hybridized carbons (Fsp3) is 0.400. The van der Waals surface area contributed by atoms with Gasteiger partial charge in [-0.15, -0.1) is 0 Å². The van der Waals surface area contributed by atoms with Gasteiger partial charge in [0.2, 0.25) is 5.91 Å². The van der Waals surface area contributed by atoms with Crippen molar-refractivity contribution in [2.24, 2.45) is 5.92 Å². The summed E-state index contributed by atoms with van der Waals surface area (Å²) in [4.78, 5) is 37.5. The minimum Gasteiger partial charge on any atom is -0.480 e. The molecule has 32 heavy (non-hydrogen) atoms. The molecule has 0 spiro atoms. The quantitative estimate of drug-likeness (QED) is 0.721. The van der Waals surface area contributed by atoms with E-state index >= 15 is 0 Å². The second-order valence-corrected chi connectivity index (χ2v) is 8.64. The van der Waals surface area contributed by atoms with Crippen LogP contribution in [-0.2, 0) is 14.3 Å². The van der Waals surface area contributed by atoms with Crippen molar-refractivity contribution in [1.82, 2.24) is 10.2 Å². The Labute approximate surface area is 187 Å². The number of amides is 2. The highest BCUT2D eigenvalue weighted by atomic mass is 16.5. The van der Waals surface area contributed by atoms with E-state index in [0.717, 1.165) is 11.1 Å². The van der Waals surface area contributed by atoms with Crippen LogP contribution in [0.4, 0.5) is 4.79 Å². The van der Waals surface area contributed by atoms with Crippen LogP contribution in [0, 0.1) is 5.92 Å². The van der Waals surface area contributed by atoms with Crippen LogP contribution in [0.15, 0.2) is 48.5 Å². The van der Waals surface area contributed by atoms with Gasteiger partial charge in [-0.1, -0.05) is 48.5 Å². The molecule has 7 nitrogen and oxygen atoms in total. The van der Waals surface area contributed by atoms with E-state index in [0.29, 0.717) is 19.3 Å². The van der Waals surface area contributed by atoms with E-state index in [1.807, 2.05) is 24.3 Å². The first-order valence-electron chi connectivity index (χ1n) is 11.0. The average Bonchev–Trinajstić information content (AvgIpc) is 3.38. The smallest absolute Gasteiger partial charge is 0.407 e. The number of benzene rings is 2. The third-order valence-corrected chi connectivity index (χ3v) is 6.73. The molecule has 168 valence electrons. The summed E-state index contributed by atoms with van der Waals surface area (Å²) in [5, 5.41) is 12.0. The van der Waals surface area contributed by atoms with Crippen molar-refractivity contribution >= 4 is 18.0 Å². The first-order chi connectivity index (χ1) is 15.4. The van der Waals surface area contributed by atoms with E-state index in [1.165, 1.54) is 30.0 Å². The highest BCUT2D eigenvalue weighted by Crippen LogP contribution is 2.44. The Morgan fingerprint density at radius 3 is 2.25 bits per heavy atom. The van der Waals surface area contributed by atoms with Crippen LogP contribution >= 0.6 is 0 Å². The number of carbonyl (C=O) groups excluding carboxylic acids is 2. The summed E-state index contributed by atoms with van der Waals surface area (Å²) in [6, 6.07) is 15.3. The minimum absolute atomic E-state index is 0.00258. The topological polar surface area (TPSA) is 95.9 Å². The van der Waals surface area contributed by atoms with Crippen molar-refractivity contribution in [3.05, 3.63) is 59.7 Å². The van der Waals surface area contributed by atoms with Crippen molar-refractivity contribution in [3.8, 4) is 11.1 Å². The van der Waals surface area contributed by atoms with Gasteiger partial charge in [0.1, 0.15) is 12.6 Å². The number of ether oxygens (including phenoxy) is 1. The van der Waals surface area contributed by atoms with Gasteiger partial charge in [0.25, 0.3) is 0 Å². The lowest BCUT2D eigenvalue weighted by molar-refractivity contribution is -0.149. The van der Waals surface area contributed by atoms with Gasteiger partial charge in [0, 0.05) is 24.9 Å². The van der Waals surface area contributed by atoms with Crippen molar-refractivity contribution in [2.45, 2.75) is 44.2 Å². The molecule has 2 amide bonds. The number of hydrogen-bond acceptors (Lipinski definition) is 4. The normalized spacial score (nSPS) is 20.2. The molecule has 2 aromatic carbocycles. The molecule has 2 aromatic rings. The summed E-state index contributed by atoms with van der Waals surface area (Å²) < 4.78 is 5.59. The SMILES string of the molecule is C[C@@H](C(=O)O)N(C)C(=O)C1CCC(NC(=O)OCC2c3ccccc3-c3ccccc32)C1. The summed E-state index contributed by atoms with van der Waals surface area (Å²) in [7, 11) is 1.51. The number of rotatable bonds is 6. The van der Waals surface area contributed by atoms with Gasteiger partial charge >= 0.3 is 12.1 Å². The van der Waals surface area contributed by atoms with Gasteiger partial charge in [-0.3, -0.25) is 4.79 Å². The van der Waals surface area contributed by atoms with Crippen LogP contribution in [0.3, 0.4) is 0 Å². The molecule has 0 aromatic heterocycles. The van der Waals surface area contributed by atoms with E-state index in [2.05, 4.69) is 29.6 Å². The number of carboxylic acid groups (broad SMARTS) is 1. The maximum atomic E-state index is 12.6. The number of carbonyl (C=O) groups is 3. The Hall–Kier alpha value is -3.35. The Balaban J connectivity index is 1.32. The molecule has 4 rings (SSSR count). The van der Waals surface area contributed by atoms with Gasteiger partial charge in [-0.25, -0.2) is 9.59 Å². The Morgan fingerprint density at radius 1 is 1.06 bits per heavy atom. The summed E-state index contributed by atoms with van der Waals surface area (Å²) in [5.74, 6) is -1.53. The second kappa shape index (κ2) is 9.02. The first-order valence-corrected chi connectivity index (χ1v) is 11.0. The van der Waals surface area contributed by atoms with Crippen molar-refractivity contribution < 1.29 is 24.2 Å². The fourth-order valence-electron chi connectivity index (χ4n) is 4.79. The number of aliphatic carboxylic acids is 1. The van der Waals surface area contributed by atoms with Gasteiger partial charge in [-0.2, -0.15) is 0 Å². The molecular formula is C25H28N2O5. The average molecular weight is 437 g/mol. The fourth-order valence-corrected chi connectivity index (χ4v) is 4.79. The molecule has 2 unspecified atom stereocenters. The van der Waals surface area contributed by atoms with Crippen LogP contribution < -0.4 is 5.32 Å². The van der Waals surface area contributed by atoms with Crippen LogP contribution in [0.5, 0.6) is 0 Å². The van der Waals surface area contributed by atoms with Crippen LogP contribution in [0.25, 0.3) is 11.1 Å². The lowest BCUT2D eigenvalue weighted by Crippen LogP contribution is -2.43. The van der Waals surface area contributed by atoms with Gasteiger partial charge in [0.05, 0.1) is 0 Å². The zero-order chi connectivity index (χ0) is 22.8. The monoisotopic (exact) mass is 436 g/mol. The van der Waals surface area contributed by atoms with Gasteiger partial charge in [0.15, 0.2) is 0 Å². The van der Waals surface area contributed by atoms with Crippen molar-refractivity contribution in [1.29, 1.82) is 0 Å². The third-order valence-electron chi connectivity index (χ3n) is 6.73. The van der Waals surface area contributed by atoms with Crippen molar-refractivity contribution in [3.63, 3.8) is 0 Å². The number of nitrogens with zero attached hydrogens (tertiary/aromatic N) is 1. The van der Waals surface area contributed by atoms with E-state index in [9.17, 15) is 14.4 Å². The highest BCUT2D eigenvalue weighted by molar-refractivity contribution is 5.85. The number of likely N-dealkylation sites (N-methyl/N-ethyl adjacent to an activating group) is 1. The van der Waals surface area contributed by atoms with Gasteiger partial charge in [-0.05, 0) is 48.4 Å². The Kier molecular flexibility index (Phi) is 6.17. The Bertz CT molecular complexity index is 991. The summed E-state index contributed by atoms with van der Waals surface area (Å²) in [5.41, 5.74) is 4.66. The molecule has 1 saturated carbocycles. The largest absolute Gasteiger partial charge is 0.480 e. The maximum absolute atomic E-state index is 12.6. The summed E-state index contributed by atoms with van der Waals surface area (Å²) in [6.45, 7) is 1.73. The highest BCUT2D eigenvalue weighted by Gasteiger charge is 2.35. The standard InChI is InChI=1S/C25H28N2O5/c1-15(24(29)30)27(2)23(28)16-11-12-17(13-16)26-25(31)32-14-22-20-9-5-3-7-18(20)19-8-4-6-10-21(19)22/h3-10,15-17,22H,11-14H2,1-2H3,(H,26,31)(H,29,30)/t15-,16?,17?/m0/s1. The molecule has 0 radical (unpaired) electrons. The molecule has 7 heteroatoms. The van der Waals surface area contributed by atoms with Crippen LogP contribution in [-0.4, -0.2) is 53.7 Å². The minimum atomic E-state index is -1.04. The first kappa shape index (κ1) is 21.9. The lowest BCUT2D eigenvalue weighted by atomic mass is 9.98. The third kappa shape index (κ3) is 4.20. The molecule has 0 saturated heterocycles. The van der Waals surface area contributed by atoms with E-state index in [4.69, 9.17) is 9.84 Å². The number of hydrogen-bond donors (Lipinski definition) is 2. The molecule has 2 N–H and O–H groups in total. The predicted molar refractivity (Wildman–Crippen MR) is 119 cm³/mol. The lowest BCUT2D eigenvalue weighted by Gasteiger charge is -2.24. The number of fused-ring (bicyclic) bond motifs is 3. The number of nitrogens with one attached hydrogen (secondary N) is 1. The number of alkyl carbamates (subject to hydrolysis) is 1. The molecule has 2 aliphatic rings. The predicted octanol–water partition coefficient (Wildman–Crippen LogP) is 3.63. The zero-order valence-corrected chi connectivity index (χ0v) is 18.3. The summed E-state index contributed by atoms with van der Waals surface area (Å²) in [6.07, 6.45) is 1.27. The zero-order valence-electron chi connectivity index (χ0n) is 18.3. The van der Waals surface area contributed by atoms with Crippen LogP contribution in [0.1, 0.15) is 43.2 Å². The van der Waals surface area contributed by atoms with Gasteiger partial charge < -0.3 is 20.1 Å². The van der Waals surface area contributed by atoms with E-state index < -0.39 is 18.1 Å². The molecule has 1 fully saturated rings. The molecule has 3 atom stereocenters. The molecule has 2 aliphatic carbocycles. The molecule has 0 bridgehead atoms. The summed E-state index contributed by atoms with van der Waals surface area (Å²) >= 11 is 0. The van der Waals surface area contributed by atoms with Crippen molar-refractivity contribution in [2.75, 3.05) is 13.7 Å². The molecular weight excluding hydrogens is 408 g/mol. The molecule has 0 heterocycles. The maximum Gasteiger partial charge on any atom is 0.407 e. The van der Waals surface area contributed by atoms with Crippen LogP contribution in [0.2, 0.25) is 0 Å². The molecule has 0 aliphatic heterocycles.